The van der Waals surface area contributed by atoms with E-state index in [2.05, 4.69) is 22.0 Å². The number of aromatic hydroxyl groups is 1. The van der Waals surface area contributed by atoms with Gasteiger partial charge in [0.15, 0.2) is 0 Å². The van der Waals surface area contributed by atoms with Crippen LogP contribution in [0.3, 0.4) is 0 Å². The van der Waals surface area contributed by atoms with E-state index in [9.17, 15) is 9.90 Å². The molecule has 0 amide bonds. The standard InChI is InChI=1S/C24H21BrO5/c1-28-23(27)21-13-18-11-16(7-9-20(18)22(25)24(21,29-2)30-3)14-4-5-17-12-19(26)8-6-15(17)10-14/h4-13,21,26H,1-3H3. The molecule has 0 spiro atoms. The van der Waals surface area contributed by atoms with Gasteiger partial charge in [0.05, 0.1) is 11.6 Å². The SMILES string of the molecule is COC(=O)C1C=c2cc(-c3ccc4cc(O)ccc4c3)ccc2=C(Br)C1(OC)OC. The van der Waals surface area contributed by atoms with Crippen LogP contribution in [-0.4, -0.2) is 38.2 Å². The van der Waals surface area contributed by atoms with E-state index in [-0.39, 0.29) is 5.75 Å². The highest BCUT2D eigenvalue weighted by atomic mass is 79.9. The lowest BCUT2D eigenvalue weighted by Gasteiger charge is -2.37. The van der Waals surface area contributed by atoms with Gasteiger partial charge in [0, 0.05) is 14.2 Å². The molecule has 0 heterocycles. The molecule has 30 heavy (non-hydrogen) atoms. The van der Waals surface area contributed by atoms with Crippen molar-refractivity contribution in [2.24, 2.45) is 5.92 Å². The molecular weight excluding hydrogens is 448 g/mol. The van der Waals surface area contributed by atoms with Crippen molar-refractivity contribution in [2.75, 3.05) is 21.3 Å². The minimum absolute atomic E-state index is 0.243. The molecule has 3 aromatic carbocycles. The van der Waals surface area contributed by atoms with Crippen LogP contribution in [0.15, 0.2) is 54.6 Å². The molecule has 1 N–H and O–H groups in total. The fourth-order valence-electron chi connectivity index (χ4n) is 3.97. The van der Waals surface area contributed by atoms with E-state index < -0.39 is 17.7 Å². The van der Waals surface area contributed by atoms with Crippen LogP contribution in [0.4, 0.5) is 0 Å². The first-order chi connectivity index (χ1) is 14.4. The first-order valence-electron chi connectivity index (χ1n) is 9.37. The van der Waals surface area contributed by atoms with E-state index >= 15 is 0 Å². The van der Waals surface area contributed by atoms with Gasteiger partial charge in [-0.3, -0.25) is 4.79 Å². The van der Waals surface area contributed by atoms with Crippen LogP contribution < -0.4 is 10.4 Å². The molecule has 0 aromatic heterocycles. The van der Waals surface area contributed by atoms with Gasteiger partial charge in [0.1, 0.15) is 11.7 Å². The summed E-state index contributed by atoms with van der Waals surface area (Å²) in [5.74, 6) is -2.26. The van der Waals surface area contributed by atoms with Crippen molar-refractivity contribution in [2.45, 2.75) is 5.79 Å². The van der Waals surface area contributed by atoms with Gasteiger partial charge in [-0.2, -0.15) is 0 Å². The highest BCUT2D eigenvalue weighted by Crippen LogP contribution is 2.38. The number of ether oxygens (including phenoxy) is 3. The number of carbonyl (C=O) groups excluding carboxylic acids is 1. The van der Waals surface area contributed by atoms with Crippen LogP contribution in [-0.2, 0) is 19.0 Å². The van der Waals surface area contributed by atoms with Crippen LogP contribution in [0, 0.1) is 5.92 Å². The van der Waals surface area contributed by atoms with E-state index in [4.69, 9.17) is 14.2 Å². The average Bonchev–Trinajstić information content (AvgIpc) is 2.78. The van der Waals surface area contributed by atoms with Gasteiger partial charge >= 0.3 is 5.97 Å². The van der Waals surface area contributed by atoms with Crippen molar-refractivity contribution in [1.29, 1.82) is 0 Å². The molecule has 6 heteroatoms. The number of hydrogen-bond acceptors (Lipinski definition) is 5. The average molecular weight is 469 g/mol. The lowest BCUT2D eigenvalue weighted by molar-refractivity contribution is -0.195. The Hall–Kier alpha value is -2.67. The molecule has 1 unspecified atom stereocenters. The van der Waals surface area contributed by atoms with Crippen LogP contribution in [0.5, 0.6) is 5.75 Å². The smallest absolute Gasteiger partial charge is 0.318 e. The summed E-state index contributed by atoms with van der Waals surface area (Å²) in [4.78, 5) is 12.5. The maximum Gasteiger partial charge on any atom is 0.318 e. The fraction of sp³-hybridized carbons (Fsp3) is 0.208. The molecular formula is C24H21BrO5. The Morgan fingerprint density at radius 2 is 1.57 bits per heavy atom. The number of phenolic OH excluding ortho intramolecular Hbond substituents is 1. The van der Waals surface area contributed by atoms with E-state index in [0.29, 0.717) is 4.48 Å². The van der Waals surface area contributed by atoms with Crippen LogP contribution in [0.1, 0.15) is 0 Å². The third-order valence-electron chi connectivity index (χ3n) is 5.57. The topological polar surface area (TPSA) is 65.0 Å². The third kappa shape index (κ3) is 3.21. The summed E-state index contributed by atoms with van der Waals surface area (Å²) < 4.78 is 16.9. The second-order valence-electron chi connectivity index (χ2n) is 7.11. The molecule has 1 aliphatic carbocycles. The van der Waals surface area contributed by atoms with Crippen molar-refractivity contribution in [3.8, 4) is 16.9 Å². The van der Waals surface area contributed by atoms with Crippen molar-refractivity contribution in [3.05, 3.63) is 65.0 Å². The summed E-state index contributed by atoms with van der Waals surface area (Å²) in [5.41, 5.74) is 2.04. The quantitative estimate of drug-likeness (QED) is 0.470. The van der Waals surface area contributed by atoms with Gasteiger partial charge < -0.3 is 19.3 Å². The largest absolute Gasteiger partial charge is 0.508 e. The number of phenols is 1. The Morgan fingerprint density at radius 3 is 2.27 bits per heavy atom. The third-order valence-corrected chi connectivity index (χ3v) is 6.55. The second-order valence-corrected chi connectivity index (χ2v) is 7.90. The number of benzene rings is 3. The van der Waals surface area contributed by atoms with Crippen LogP contribution in [0.2, 0.25) is 0 Å². The summed E-state index contributed by atoms with van der Waals surface area (Å²) in [5, 5.41) is 13.4. The van der Waals surface area contributed by atoms with Crippen molar-refractivity contribution >= 4 is 43.2 Å². The van der Waals surface area contributed by atoms with E-state index in [0.717, 1.165) is 32.3 Å². The Morgan fingerprint density at radius 1 is 0.933 bits per heavy atom. The zero-order chi connectivity index (χ0) is 21.5. The Kier molecular flexibility index (Phi) is 5.40. The number of methoxy groups -OCH3 is 3. The number of halogens is 1. The molecule has 0 saturated carbocycles. The fourth-order valence-corrected chi connectivity index (χ4v) is 4.90. The molecule has 5 nitrogen and oxygen atoms in total. The Bertz CT molecular complexity index is 1260. The molecule has 1 aliphatic rings. The van der Waals surface area contributed by atoms with Crippen LogP contribution in [0.25, 0.3) is 32.5 Å². The van der Waals surface area contributed by atoms with E-state index in [1.165, 1.54) is 21.3 Å². The van der Waals surface area contributed by atoms with Gasteiger partial charge in [-0.15, -0.1) is 0 Å². The predicted octanol–water partition coefficient (Wildman–Crippen LogP) is 3.29. The maximum atomic E-state index is 12.5. The number of fused-ring (bicyclic) bond motifs is 2. The lowest BCUT2D eigenvalue weighted by atomic mass is 9.89. The summed E-state index contributed by atoms with van der Waals surface area (Å²) in [7, 11) is 4.35. The normalized spacial score (nSPS) is 17.3. The van der Waals surface area contributed by atoms with Crippen molar-refractivity contribution in [1.82, 2.24) is 0 Å². The predicted molar refractivity (Wildman–Crippen MR) is 119 cm³/mol. The molecule has 0 fully saturated rings. The highest BCUT2D eigenvalue weighted by Gasteiger charge is 2.48. The first-order valence-corrected chi connectivity index (χ1v) is 10.2. The number of rotatable bonds is 4. The molecule has 3 aromatic rings. The van der Waals surface area contributed by atoms with E-state index in [1.807, 2.05) is 42.5 Å². The number of esters is 1. The summed E-state index contributed by atoms with van der Waals surface area (Å²) in [6, 6.07) is 17.4. The molecule has 0 radical (unpaired) electrons. The monoisotopic (exact) mass is 468 g/mol. The van der Waals surface area contributed by atoms with Gasteiger partial charge in [-0.05, 0) is 72.5 Å². The first kappa shape index (κ1) is 20.6. The maximum absolute atomic E-state index is 12.5. The highest BCUT2D eigenvalue weighted by molar-refractivity contribution is 9.15. The van der Waals surface area contributed by atoms with Gasteiger partial charge in [0.25, 0.3) is 0 Å². The molecule has 0 aliphatic heterocycles. The summed E-state index contributed by atoms with van der Waals surface area (Å²) >= 11 is 3.60. The number of hydrogen-bond donors (Lipinski definition) is 1. The van der Waals surface area contributed by atoms with Crippen molar-refractivity contribution in [3.63, 3.8) is 0 Å². The summed E-state index contributed by atoms with van der Waals surface area (Å²) in [6.45, 7) is 0. The second kappa shape index (κ2) is 7.87. The van der Waals surface area contributed by atoms with Crippen LogP contribution >= 0.6 is 15.9 Å². The lowest BCUT2D eigenvalue weighted by Crippen LogP contribution is -2.52. The van der Waals surface area contributed by atoms with Gasteiger partial charge in [0.2, 0.25) is 5.79 Å². The Labute approximate surface area is 182 Å². The summed E-state index contributed by atoms with van der Waals surface area (Å²) in [6.07, 6.45) is 1.82. The molecule has 1 atom stereocenters. The molecule has 0 saturated heterocycles. The minimum atomic E-state index is -1.29. The molecule has 154 valence electrons. The zero-order valence-corrected chi connectivity index (χ0v) is 18.4. The molecule has 4 rings (SSSR count). The number of carbonyl (C=O) groups is 1. The zero-order valence-electron chi connectivity index (χ0n) is 16.8. The molecule has 0 bridgehead atoms. The van der Waals surface area contributed by atoms with Crippen molar-refractivity contribution < 1.29 is 24.1 Å². The Balaban J connectivity index is 1.90. The van der Waals surface area contributed by atoms with Gasteiger partial charge in [-0.1, -0.05) is 36.4 Å². The minimum Gasteiger partial charge on any atom is -0.508 e. The van der Waals surface area contributed by atoms with Gasteiger partial charge in [-0.25, -0.2) is 0 Å². The van der Waals surface area contributed by atoms with E-state index in [1.54, 1.807) is 12.1 Å².